The summed E-state index contributed by atoms with van der Waals surface area (Å²) in [5.41, 5.74) is 10.9. The van der Waals surface area contributed by atoms with Crippen molar-refractivity contribution in [1.29, 1.82) is 0 Å². The Labute approximate surface area is 231 Å². The van der Waals surface area contributed by atoms with E-state index in [9.17, 15) is 19.2 Å². The molecule has 2 fully saturated rings. The fourth-order valence-corrected chi connectivity index (χ4v) is 5.76. The molecule has 2 aromatic heterocycles. The molecule has 0 radical (unpaired) electrons. The molecule has 0 bridgehead atoms. The van der Waals surface area contributed by atoms with E-state index in [2.05, 4.69) is 22.3 Å². The van der Waals surface area contributed by atoms with Crippen LogP contribution in [0.3, 0.4) is 0 Å². The first kappa shape index (κ1) is 25.9. The molecule has 1 aromatic carbocycles. The average Bonchev–Trinajstić information content (AvgIpc) is 3.62. The highest BCUT2D eigenvalue weighted by Crippen LogP contribution is 2.45. The van der Waals surface area contributed by atoms with Gasteiger partial charge in [-0.3, -0.25) is 28.9 Å². The van der Waals surface area contributed by atoms with Crippen LogP contribution in [0.1, 0.15) is 82.6 Å². The molecule has 2 saturated carbocycles. The minimum Gasteiger partial charge on any atom is -0.385 e. The van der Waals surface area contributed by atoms with Gasteiger partial charge in [0.05, 0.1) is 28.6 Å². The summed E-state index contributed by atoms with van der Waals surface area (Å²) in [6, 6.07) is 10.3. The Balaban J connectivity index is 1.09. The molecule has 1 atom stereocenters. The van der Waals surface area contributed by atoms with Crippen LogP contribution < -0.4 is 11.1 Å². The van der Waals surface area contributed by atoms with Gasteiger partial charge in [0.1, 0.15) is 12.3 Å². The van der Waals surface area contributed by atoms with E-state index in [1.807, 2.05) is 19.1 Å². The summed E-state index contributed by atoms with van der Waals surface area (Å²) in [4.78, 5) is 54.3. The highest BCUT2D eigenvalue weighted by atomic mass is 16.2. The lowest BCUT2D eigenvalue weighted by atomic mass is 9.80. The summed E-state index contributed by atoms with van der Waals surface area (Å²) in [7, 11) is 0. The SMILES string of the molecule is Cc1cccc(-c2cn(C3CC(CNc4ccc5c(c4)C(=O)N(C(CCC=O)C(N)=O)C5=O)C3)nc2C2CC2)n1. The number of hydrogen-bond donors (Lipinski definition) is 2. The zero-order valence-electron chi connectivity index (χ0n) is 22.4. The number of nitrogens with one attached hydrogen (secondary N) is 1. The molecule has 206 valence electrons. The molecule has 2 aliphatic carbocycles. The maximum atomic E-state index is 13.0. The molecule has 3 heterocycles. The number of rotatable bonds is 11. The van der Waals surface area contributed by atoms with Crippen LogP contribution in [0, 0.1) is 12.8 Å². The van der Waals surface area contributed by atoms with Crippen LogP contribution in [0.5, 0.6) is 0 Å². The number of primary amides is 1. The van der Waals surface area contributed by atoms with Crippen molar-refractivity contribution in [3.63, 3.8) is 0 Å². The number of nitrogens with two attached hydrogens (primary N) is 1. The summed E-state index contributed by atoms with van der Waals surface area (Å²) in [6.45, 7) is 2.74. The number of carbonyl (C=O) groups is 4. The molecule has 1 unspecified atom stereocenters. The van der Waals surface area contributed by atoms with Crippen molar-refractivity contribution in [2.45, 2.75) is 63.5 Å². The van der Waals surface area contributed by atoms with Gasteiger partial charge in [0.15, 0.2) is 0 Å². The van der Waals surface area contributed by atoms with Crippen molar-refractivity contribution in [2.24, 2.45) is 11.7 Å². The largest absolute Gasteiger partial charge is 0.385 e. The molecule has 3 N–H and O–H groups in total. The Morgan fingerprint density at radius 1 is 1.12 bits per heavy atom. The second kappa shape index (κ2) is 10.3. The smallest absolute Gasteiger partial charge is 0.262 e. The Hall–Kier alpha value is -4.34. The first-order valence-electron chi connectivity index (χ1n) is 13.9. The Morgan fingerprint density at radius 3 is 2.60 bits per heavy atom. The highest BCUT2D eigenvalue weighted by molar-refractivity contribution is 6.23. The molecule has 3 aromatic rings. The fourth-order valence-electron chi connectivity index (χ4n) is 5.76. The molecule has 10 nitrogen and oxygen atoms in total. The molecule has 0 saturated heterocycles. The number of benzene rings is 1. The number of hydrogen-bond acceptors (Lipinski definition) is 7. The van der Waals surface area contributed by atoms with Crippen molar-refractivity contribution < 1.29 is 19.2 Å². The van der Waals surface area contributed by atoms with Gasteiger partial charge in [0, 0.05) is 42.0 Å². The van der Waals surface area contributed by atoms with E-state index in [0.29, 0.717) is 24.2 Å². The zero-order valence-corrected chi connectivity index (χ0v) is 22.4. The zero-order chi connectivity index (χ0) is 28.0. The van der Waals surface area contributed by atoms with Crippen molar-refractivity contribution >= 4 is 29.7 Å². The van der Waals surface area contributed by atoms with Crippen molar-refractivity contribution in [3.8, 4) is 11.3 Å². The van der Waals surface area contributed by atoms with Gasteiger partial charge in [-0.2, -0.15) is 5.10 Å². The first-order chi connectivity index (χ1) is 19.3. The van der Waals surface area contributed by atoms with Gasteiger partial charge in [-0.05, 0) is 75.3 Å². The number of pyridine rings is 1. The summed E-state index contributed by atoms with van der Waals surface area (Å²) < 4.78 is 2.12. The first-order valence-corrected chi connectivity index (χ1v) is 13.9. The summed E-state index contributed by atoms with van der Waals surface area (Å²) in [6.07, 6.45) is 7.19. The van der Waals surface area contributed by atoms with Gasteiger partial charge in [-0.1, -0.05) is 6.07 Å². The van der Waals surface area contributed by atoms with E-state index < -0.39 is 23.8 Å². The van der Waals surface area contributed by atoms with Gasteiger partial charge < -0.3 is 15.8 Å². The Kier molecular flexibility index (Phi) is 6.69. The number of anilines is 1. The number of aryl methyl sites for hydroxylation is 1. The molecule has 3 amide bonds. The second-order valence-electron chi connectivity index (χ2n) is 11.1. The minimum atomic E-state index is -1.15. The third-order valence-electron chi connectivity index (χ3n) is 8.18. The monoisotopic (exact) mass is 540 g/mol. The van der Waals surface area contributed by atoms with Crippen LogP contribution in [0.15, 0.2) is 42.6 Å². The van der Waals surface area contributed by atoms with E-state index in [-0.39, 0.29) is 24.0 Å². The van der Waals surface area contributed by atoms with Gasteiger partial charge in [0.25, 0.3) is 11.8 Å². The van der Waals surface area contributed by atoms with Crippen LogP contribution in [-0.4, -0.2) is 56.3 Å². The lowest BCUT2D eigenvalue weighted by Crippen LogP contribution is -2.47. The van der Waals surface area contributed by atoms with Crippen LogP contribution in [-0.2, 0) is 9.59 Å². The van der Waals surface area contributed by atoms with E-state index in [0.717, 1.165) is 52.6 Å². The minimum absolute atomic E-state index is 0.0135. The van der Waals surface area contributed by atoms with Crippen molar-refractivity contribution in [3.05, 3.63) is 65.1 Å². The molecule has 3 aliphatic rings. The normalized spacial score (nSPS) is 20.7. The van der Waals surface area contributed by atoms with E-state index in [1.54, 1.807) is 18.2 Å². The van der Waals surface area contributed by atoms with Gasteiger partial charge in [-0.25, -0.2) is 0 Å². The number of imide groups is 1. The lowest BCUT2D eigenvalue weighted by Gasteiger charge is -2.35. The summed E-state index contributed by atoms with van der Waals surface area (Å²) in [5, 5.41) is 8.39. The molecule has 40 heavy (non-hydrogen) atoms. The number of fused-ring (bicyclic) bond motifs is 1. The molecular formula is C30H32N6O4. The van der Waals surface area contributed by atoms with Gasteiger partial charge in [-0.15, -0.1) is 0 Å². The summed E-state index contributed by atoms with van der Waals surface area (Å²) >= 11 is 0. The molecular weight excluding hydrogens is 508 g/mol. The van der Waals surface area contributed by atoms with Gasteiger partial charge in [0.2, 0.25) is 5.91 Å². The van der Waals surface area contributed by atoms with Crippen LogP contribution >= 0.6 is 0 Å². The van der Waals surface area contributed by atoms with Gasteiger partial charge >= 0.3 is 0 Å². The summed E-state index contributed by atoms with van der Waals surface area (Å²) in [5.74, 6) is -0.953. The van der Waals surface area contributed by atoms with Crippen LogP contribution in [0.2, 0.25) is 0 Å². The number of nitrogens with zero attached hydrogens (tertiary/aromatic N) is 4. The number of amides is 3. The molecule has 0 spiro atoms. The molecule has 10 heteroatoms. The fraction of sp³-hybridized carbons (Fsp3) is 0.400. The van der Waals surface area contributed by atoms with E-state index in [4.69, 9.17) is 15.8 Å². The maximum absolute atomic E-state index is 13.0. The topological polar surface area (TPSA) is 140 Å². The number of carbonyl (C=O) groups excluding carboxylic acids is 4. The predicted molar refractivity (Wildman–Crippen MR) is 148 cm³/mol. The van der Waals surface area contributed by atoms with E-state index >= 15 is 0 Å². The van der Waals surface area contributed by atoms with Crippen molar-refractivity contribution in [2.75, 3.05) is 11.9 Å². The number of aromatic nitrogens is 3. The second-order valence-corrected chi connectivity index (χ2v) is 11.1. The lowest BCUT2D eigenvalue weighted by molar-refractivity contribution is -0.122. The average molecular weight is 541 g/mol. The third-order valence-corrected chi connectivity index (χ3v) is 8.18. The van der Waals surface area contributed by atoms with E-state index in [1.165, 1.54) is 12.8 Å². The van der Waals surface area contributed by atoms with Crippen LogP contribution in [0.4, 0.5) is 5.69 Å². The Bertz CT molecular complexity index is 1500. The maximum Gasteiger partial charge on any atom is 0.262 e. The molecule has 6 rings (SSSR count). The highest BCUT2D eigenvalue weighted by Gasteiger charge is 2.42. The number of aldehydes is 1. The Morgan fingerprint density at radius 2 is 1.90 bits per heavy atom. The standard InChI is InChI=1S/C30H32N6O4/c1-17-4-2-5-25(33-17)24-16-35(34-27(24)19-7-8-19)21-12-18(13-21)15-32-20-9-10-22-23(14-20)30(40)36(29(22)39)26(28(31)38)6-3-11-37/h2,4-5,9-11,14,16,18-19,21,26,32H,3,6-8,12-13,15H2,1H3,(H2,31,38). The molecule has 1 aliphatic heterocycles. The van der Waals surface area contributed by atoms with Crippen LogP contribution in [0.25, 0.3) is 11.3 Å². The predicted octanol–water partition coefficient (Wildman–Crippen LogP) is 3.62. The third kappa shape index (κ3) is 4.78. The quantitative estimate of drug-likeness (QED) is 0.280. The van der Waals surface area contributed by atoms with Crippen molar-refractivity contribution in [1.82, 2.24) is 19.7 Å².